The number of rotatable bonds is 6. The fourth-order valence-corrected chi connectivity index (χ4v) is 4.62. The summed E-state index contributed by atoms with van der Waals surface area (Å²) in [4.78, 5) is 16.7. The third-order valence-electron chi connectivity index (χ3n) is 4.04. The van der Waals surface area contributed by atoms with E-state index < -0.39 is 10.0 Å². The van der Waals surface area contributed by atoms with Gasteiger partial charge in [-0.25, -0.2) is 22.1 Å². The number of hydrogen-bond donors (Lipinski definition) is 1. The molecule has 0 bridgehead atoms. The smallest absolute Gasteiger partial charge is 0.242 e. The van der Waals surface area contributed by atoms with Crippen LogP contribution in [-0.2, 0) is 21.2 Å². The number of carbonyl (C=O) groups is 1. The van der Waals surface area contributed by atoms with Crippen molar-refractivity contribution in [3.05, 3.63) is 53.8 Å². The van der Waals surface area contributed by atoms with Crippen molar-refractivity contribution in [1.29, 1.82) is 0 Å². The van der Waals surface area contributed by atoms with Crippen LogP contribution in [0.3, 0.4) is 0 Å². The van der Waals surface area contributed by atoms with E-state index in [4.69, 9.17) is 0 Å². The maximum Gasteiger partial charge on any atom is 0.242 e. The van der Waals surface area contributed by atoms with Gasteiger partial charge in [-0.15, -0.1) is 0 Å². The number of sulfonamides is 1. The molecule has 6 nitrogen and oxygen atoms in total. The first-order chi connectivity index (χ1) is 12.8. The van der Waals surface area contributed by atoms with Crippen molar-refractivity contribution in [3.8, 4) is 0 Å². The second kappa shape index (κ2) is 7.71. The van der Waals surface area contributed by atoms with E-state index in [0.29, 0.717) is 27.5 Å². The van der Waals surface area contributed by atoms with Crippen molar-refractivity contribution >= 4 is 42.6 Å². The lowest BCUT2D eigenvalue weighted by molar-refractivity contribution is -0.115. The number of aromatic nitrogens is 1. The van der Waals surface area contributed by atoms with E-state index in [1.807, 2.05) is 0 Å². The van der Waals surface area contributed by atoms with Crippen molar-refractivity contribution in [2.24, 2.45) is 0 Å². The zero-order chi connectivity index (χ0) is 19.6. The van der Waals surface area contributed by atoms with E-state index in [0.717, 1.165) is 0 Å². The molecule has 2 aromatic carbocycles. The summed E-state index contributed by atoms with van der Waals surface area (Å²) >= 11 is 1.20. The third kappa shape index (κ3) is 4.32. The number of hydrogen-bond acceptors (Lipinski definition) is 5. The summed E-state index contributed by atoms with van der Waals surface area (Å²) in [5, 5.41) is 3.09. The van der Waals surface area contributed by atoms with Gasteiger partial charge in [0.15, 0.2) is 5.13 Å². The van der Waals surface area contributed by atoms with E-state index in [9.17, 15) is 17.6 Å². The van der Waals surface area contributed by atoms with E-state index in [1.54, 1.807) is 31.2 Å². The molecule has 0 saturated heterocycles. The summed E-state index contributed by atoms with van der Waals surface area (Å²) in [5.74, 6) is -0.635. The van der Waals surface area contributed by atoms with Gasteiger partial charge < -0.3 is 5.32 Å². The Balaban J connectivity index is 1.78. The van der Waals surface area contributed by atoms with Crippen LogP contribution in [0.4, 0.5) is 9.52 Å². The Morgan fingerprint density at radius 1 is 1.22 bits per heavy atom. The Morgan fingerprint density at radius 2 is 1.93 bits per heavy atom. The van der Waals surface area contributed by atoms with E-state index in [1.165, 1.54) is 40.9 Å². The minimum atomic E-state index is -3.54. The van der Waals surface area contributed by atoms with Crippen LogP contribution in [0.2, 0.25) is 0 Å². The number of anilines is 1. The van der Waals surface area contributed by atoms with Crippen molar-refractivity contribution < 1.29 is 17.6 Å². The predicted octanol–water partition coefficient (Wildman–Crippen LogP) is 3.26. The quantitative estimate of drug-likeness (QED) is 0.680. The first-order valence-corrected chi connectivity index (χ1v) is 10.5. The summed E-state index contributed by atoms with van der Waals surface area (Å²) in [5.41, 5.74) is 1.29. The molecule has 0 aliphatic heterocycles. The minimum absolute atomic E-state index is 0.0944. The van der Waals surface area contributed by atoms with Gasteiger partial charge in [0.2, 0.25) is 15.9 Å². The molecular formula is C18H18FN3O3S2. The predicted molar refractivity (Wildman–Crippen MR) is 104 cm³/mol. The van der Waals surface area contributed by atoms with E-state index in [2.05, 4.69) is 10.3 Å². The number of halogens is 1. The summed E-state index contributed by atoms with van der Waals surface area (Å²) in [6.07, 6.45) is 0.0944. The van der Waals surface area contributed by atoms with Crippen LogP contribution in [-0.4, -0.2) is 37.2 Å². The van der Waals surface area contributed by atoms with Crippen LogP contribution in [0, 0.1) is 5.82 Å². The van der Waals surface area contributed by atoms with Gasteiger partial charge in [-0.05, 0) is 35.9 Å². The van der Waals surface area contributed by atoms with Crippen molar-refractivity contribution in [3.63, 3.8) is 0 Å². The molecule has 1 heterocycles. The molecule has 0 spiro atoms. The van der Waals surface area contributed by atoms with Gasteiger partial charge in [0, 0.05) is 13.6 Å². The highest BCUT2D eigenvalue weighted by Gasteiger charge is 2.20. The zero-order valence-electron chi connectivity index (χ0n) is 14.8. The van der Waals surface area contributed by atoms with Gasteiger partial charge >= 0.3 is 0 Å². The molecular weight excluding hydrogens is 389 g/mol. The lowest BCUT2D eigenvalue weighted by Crippen LogP contribution is -2.26. The molecule has 1 N–H and O–H groups in total. The highest BCUT2D eigenvalue weighted by atomic mass is 32.2. The third-order valence-corrected chi connectivity index (χ3v) is 6.90. The summed E-state index contributed by atoms with van der Waals surface area (Å²) in [6, 6.07) is 10.4. The Kier molecular flexibility index (Phi) is 5.54. The topological polar surface area (TPSA) is 79.4 Å². The van der Waals surface area contributed by atoms with E-state index >= 15 is 0 Å². The summed E-state index contributed by atoms with van der Waals surface area (Å²) < 4.78 is 39.7. The fourth-order valence-electron chi connectivity index (χ4n) is 2.42. The highest BCUT2D eigenvalue weighted by molar-refractivity contribution is 7.89. The largest absolute Gasteiger partial charge is 0.302 e. The first-order valence-electron chi connectivity index (χ1n) is 8.21. The molecule has 0 unspecified atom stereocenters. The summed E-state index contributed by atoms with van der Waals surface area (Å²) in [7, 11) is -2.02. The van der Waals surface area contributed by atoms with Crippen LogP contribution in [0.1, 0.15) is 12.5 Å². The van der Waals surface area contributed by atoms with E-state index in [-0.39, 0.29) is 23.0 Å². The van der Waals surface area contributed by atoms with Gasteiger partial charge in [-0.1, -0.05) is 30.4 Å². The molecule has 0 aliphatic carbocycles. The molecule has 3 aromatic rings. The average molecular weight is 407 g/mol. The number of fused-ring (bicyclic) bond motifs is 1. The lowest BCUT2D eigenvalue weighted by Gasteiger charge is -2.14. The molecule has 0 atom stereocenters. The number of carbonyl (C=O) groups excluding carboxylic acids is 1. The number of nitrogens with zero attached hydrogens (tertiary/aromatic N) is 2. The first kappa shape index (κ1) is 19.4. The standard InChI is InChI=1S/C18H18FN3O3S2/c1-3-22(2)27(24,25)14-8-9-15-16(11-14)26-18(20-15)21-17(23)10-12-4-6-13(19)7-5-12/h4-9,11H,3,10H2,1-2H3,(H,20,21,23). The molecule has 0 aliphatic rings. The molecule has 1 aromatic heterocycles. The maximum absolute atomic E-state index is 12.9. The Bertz CT molecular complexity index is 1080. The van der Waals surface area contributed by atoms with Crippen LogP contribution in [0.5, 0.6) is 0 Å². The van der Waals surface area contributed by atoms with Crippen LogP contribution in [0.25, 0.3) is 10.2 Å². The lowest BCUT2D eigenvalue weighted by atomic mass is 10.1. The molecule has 9 heteroatoms. The SMILES string of the molecule is CCN(C)S(=O)(=O)c1ccc2nc(NC(=O)Cc3ccc(F)cc3)sc2c1. The average Bonchev–Trinajstić information content (AvgIpc) is 3.03. The highest BCUT2D eigenvalue weighted by Crippen LogP contribution is 2.29. The molecule has 0 saturated carbocycles. The maximum atomic E-state index is 12.9. The van der Waals surface area contributed by atoms with Crippen LogP contribution >= 0.6 is 11.3 Å². The monoisotopic (exact) mass is 407 g/mol. The molecule has 27 heavy (non-hydrogen) atoms. The van der Waals surface area contributed by atoms with Gasteiger partial charge in [-0.3, -0.25) is 4.79 Å². The van der Waals surface area contributed by atoms with Gasteiger partial charge in [0.25, 0.3) is 0 Å². The fraction of sp³-hybridized carbons (Fsp3) is 0.222. The molecule has 0 fully saturated rings. The normalized spacial score (nSPS) is 11.9. The van der Waals surface area contributed by atoms with Crippen LogP contribution < -0.4 is 5.32 Å². The second-order valence-electron chi connectivity index (χ2n) is 5.92. The Hall–Kier alpha value is -2.36. The van der Waals surface area contributed by atoms with Gasteiger partial charge in [0.1, 0.15) is 5.82 Å². The Morgan fingerprint density at radius 3 is 2.59 bits per heavy atom. The summed E-state index contributed by atoms with van der Waals surface area (Å²) in [6.45, 7) is 2.13. The molecule has 0 radical (unpaired) electrons. The molecule has 142 valence electrons. The van der Waals surface area contributed by atoms with Gasteiger partial charge in [-0.2, -0.15) is 0 Å². The van der Waals surface area contributed by atoms with Crippen molar-refractivity contribution in [1.82, 2.24) is 9.29 Å². The second-order valence-corrected chi connectivity index (χ2v) is 8.99. The van der Waals surface area contributed by atoms with Gasteiger partial charge in [0.05, 0.1) is 21.5 Å². The van der Waals surface area contributed by atoms with Crippen LogP contribution in [0.15, 0.2) is 47.4 Å². The zero-order valence-corrected chi connectivity index (χ0v) is 16.4. The number of nitrogens with one attached hydrogen (secondary N) is 1. The van der Waals surface area contributed by atoms with Crippen molar-refractivity contribution in [2.45, 2.75) is 18.2 Å². The minimum Gasteiger partial charge on any atom is -0.302 e. The number of thiazole rings is 1. The molecule has 1 amide bonds. The number of benzene rings is 2. The van der Waals surface area contributed by atoms with Crippen molar-refractivity contribution in [2.75, 3.05) is 18.9 Å². The number of amides is 1. The molecule has 3 rings (SSSR count). The Labute approximate surface area is 160 Å².